The number of amides is 1. The van der Waals surface area contributed by atoms with Crippen molar-refractivity contribution < 1.29 is 14.3 Å². The van der Waals surface area contributed by atoms with Gasteiger partial charge in [-0.2, -0.15) is 0 Å². The van der Waals surface area contributed by atoms with E-state index in [9.17, 15) is 9.59 Å². The molecule has 1 atom stereocenters. The fourth-order valence-electron chi connectivity index (χ4n) is 2.68. The van der Waals surface area contributed by atoms with Crippen molar-refractivity contribution >= 4 is 29.3 Å². The lowest BCUT2D eigenvalue weighted by molar-refractivity contribution is -0.146. The van der Waals surface area contributed by atoms with Gasteiger partial charge in [0.2, 0.25) is 0 Å². The smallest absolute Gasteiger partial charge is 0.319 e. The van der Waals surface area contributed by atoms with E-state index in [1.165, 1.54) is 11.8 Å². The van der Waals surface area contributed by atoms with Crippen LogP contribution in [0.5, 0.6) is 0 Å². The molecular formula is C19H19NO3S. The number of hydrogen-bond donors (Lipinski definition) is 0. The summed E-state index contributed by atoms with van der Waals surface area (Å²) < 4.78 is 5.21. The molecule has 0 spiro atoms. The molecule has 1 unspecified atom stereocenters. The van der Waals surface area contributed by atoms with Crippen molar-refractivity contribution in [3.05, 3.63) is 60.2 Å². The lowest BCUT2D eigenvalue weighted by Gasteiger charge is -2.18. The summed E-state index contributed by atoms with van der Waals surface area (Å²) in [5.74, 6) is -0.546. The minimum Gasteiger partial charge on any atom is -0.455 e. The van der Waals surface area contributed by atoms with E-state index in [1.807, 2.05) is 54.6 Å². The number of ether oxygens (including phenoxy) is 1. The van der Waals surface area contributed by atoms with Crippen molar-refractivity contribution in [2.24, 2.45) is 0 Å². The molecule has 0 saturated heterocycles. The van der Waals surface area contributed by atoms with Gasteiger partial charge in [0.05, 0.1) is 0 Å². The SMILES string of the molecule is CC(Sc1ccccc1)C(=O)OCC(=O)N1CCc2ccccc21. The van der Waals surface area contributed by atoms with E-state index in [1.54, 1.807) is 11.8 Å². The number of hydrogen-bond acceptors (Lipinski definition) is 4. The lowest BCUT2D eigenvalue weighted by Crippen LogP contribution is -2.34. The number of rotatable bonds is 5. The highest BCUT2D eigenvalue weighted by molar-refractivity contribution is 8.00. The van der Waals surface area contributed by atoms with Crippen LogP contribution in [0.2, 0.25) is 0 Å². The number of fused-ring (bicyclic) bond motifs is 1. The second kappa shape index (κ2) is 7.53. The number of para-hydroxylation sites is 1. The topological polar surface area (TPSA) is 46.6 Å². The molecular weight excluding hydrogens is 322 g/mol. The van der Waals surface area contributed by atoms with E-state index in [0.717, 1.165) is 22.6 Å². The molecule has 1 aliphatic rings. The second-order valence-electron chi connectivity index (χ2n) is 5.60. The number of nitrogens with zero attached hydrogens (tertiary/aromatic N) is 1. The normalized spacial score (nSPS) is 14.1. The zero-order valence-corrected chi connectivity index (χ0v) is 14.3. The van der Waals surface area contributed by atoms with Crippen molar-refractivity contribution in [2.45, 2.75) is 23.5 Å². The summed E-state index contributed by atoms with van der Waals surface area (Å²) in [5, 5.41) is -0.355. The first-order chi connectivity index (χ1) is 11.6. The van der Waals surface area contributed by atoms with Crippen LogP contribution in [0.3, 0.4) is 0 Å². The summed E-state index contributed by atoms with van der Waals surface area (Å²) in [7, 11) is 0. The maximum atomic E-state index is 12.3. The summed E-state index contributed by atoms with van der Waals surface area (Å²) >= 11 is 1.42. The molecule has 0 bridgehead atoms. The molecule has 1 amide bonds. The van der Waals surface area contributed by atoms with Gasteiger partial charge in [0.15, 0.2) is 6.61 Å². The maximum absolute atomic E-state index is 12.3. The minimum absolute atomic E-state index is 0.176. The average molecular weight is 341 g/mol. The first kappa shape index (κ1) is 16.6. The molecule has 4 nitrogen and oxygen atoms in total. The fourth-order valence-corrected chi connectivity index (χ4v) is 3.56. The molecule has 124 valence electrons. The largest absolute Gasteiger partial charge is 0.455 e. The standard InChI is InChI=1S/C19H19NO3S/c1-14(24-16-8-3-2-4-9-16)19(22)23-13-18(21)20-12-11-15-7-5-6-10-17(15)20/h2-10,14H,11-13H2,1H3. The molecule has 1 aliphatic heterocycles. The van der Waals surface area contributed by atoms with Crippen molar-refractivity contribution in [3.8, 4) is 0 Å². The molecule has 0 saturated carbocycles. The van der Waals surface area contributed by atoms with Gasteiger partial charge in [-0.1, -0.05) is 36.4 Å². The van der Waals surface area contributed by atoms with Gasteiger partial charge in [-0.05, 0) is 37.1 Å². The Morgan fingerprint density at radius 3 is 2.62 bits per heavy atom. The van der Waals surface area contributed by atoms with Gasteiger partial charge in [-0.3, -0.25) is 9.59 Å². The molecule has 24 heavy (non-hydrogen) atoms. The molecule has 0 aliphatic carbocycles. The van der Waals surface area contributed by atoms with E-state index in [2.05, 4.69) is 0 Å². The highest BCUT2D eigenvalue weighted by Crippen LogP contribution is 2.27. The predicted octanol–water partition coefficient (Wildman–Crippen LogP) is 3.30. The average Bonchev–Trinajstić information content (AvgIpc) is 3.04. The summed E-state index contributed by atoms with van der Waals surface area (Å²) in [5.41, 5.74) is 2.08. The number of carbonyl (C=O) groups excluding carboxylic acids is 2. The summed E-state index contributed by atoms with van der Waals surface area (Å²) in [6.45, 7) is 2.21. The van der Waals surface area contributed by atoms with Gasteiger partial charge in [0.1, 0.15) is 5.25 Å². The highest BCUT2D eigenvalue weighted by Gasteiger charge is 2.25. The monoisotopic (exact) mass is 341 g/mol. The summed E-state index contributed by atoms with van der Waals surface area (Å²) in [6, 6.07) is 17.5. The number of anilines is 1. The van der Waals surface area contributed by atoms with E-state index in [0.29, 0.717) is 6.54 Å². The van der Waals surface area contributed by atoms with Crippen molar-refractivity contribution in [3.63, 3.8) is 0 Å². The molecule has 0 radical (unpaired) electrons. The lowest BCUT2D eigenvalue weighted by atomic mass is 10.2. The molecule has 3 rings (SSSR count). The Kier molecular flexibility index (Phi) is 5.20. The fraction of sp³-hybridized carbons (Fsp3) is 0.263. The molecule has 2 aromatic rings. The third kappa shape index (κ3) is 3.79. The Morgan fingerprint density at radius 2 is 1.83 bits per heavy atom. The first-order valence-electron chi connectivity index (χ1n) is 7.92. The highest BCUT2D eigenvalue weighted by atomic mass is 32.2. The molecule has 5 heteroatoms. The van der Waals surface area contributed by atoms with E-state index < -0.39 is 0 Å². The van der Waals surface area contributed by atoms with Gasteiger partial charge in [0, 0.05) is 17.1 Å². The van der Waals surface area contributed by atoms with E-state index in [-0.39, 0.29) is 23.7 Å². The first-order valence-corrected chi connectivity index (χ1v) is 8.80. The van der Waals surface area contributed by atoms with Crippen LogP contribution >= 0.6 is 11.8 Å². The molecule has 0 fully saturated rings. The Morgan fingerprint density at radius 1 is 1.12 bits per heavy atom. The van der Waals surface area contributed by atoms with Crippen molar-refractivity contribution in [1.29, 1.82) is 0 Å². The van der Waals surface area contributed by atoms with E-state index >= 15 is 0 Å². The van der Waals surface area contributed by atoms with Gasteiger partial charge < -0.3 is 9.64 Å². The Labute approximate surface area is 145 Å². The third-order valence-corrected chi connectivity index (χ3v) is 5.00. The Balaban J connectivity index is 1.52. The zero-order valence-electron chi connectivity index (χ0n) is 13.5. The van der Waals surface area contributed by atoms with Crippen LogP contribution in [0.4, 0.5) is 5.69 Å². The minimum atomic E-state index is -0.371. The number of benzene rings is 2. The van der Waals surface area contributed by atoms with Crippen LogP contribution in [0, 0.1) is 0 Å². The van der Waals surface area contributed by atoms with Gasteiger partial charge in [-0.25, -0.2) is 0 Å². The van der Waals surface area contributed by atoms with Crippen LogP contribution in [0.25, 0.3) is 0 Å². The van der Waals surface area contributed by atoms with Crippen molar-refractivity contribution in [1.82, 2.24) is 0 Å². The van der Waals surface area contributed by atoms with Crippen LogP contribution in [0.15, 0.2) is 59.5 Å². The molecule has 1 heterocycles. The van der Waals surface area contributed by atoms with Gasteiger partial charge in [-0.15, -0.1) is 11.8 Å². The number of thioether (sulfide) groups is 1. The molecule has 0 N–H and O–H groups in total. The van der Waals surface area contributed by atoms with Gasteiger partial charge in [0.25, 0.3) is 5.91 Å². The Hall–Kier alpha value is -2.27. The van der Waals surface area contributed by atoms with Crippen molar-refractivity contribution in [2.75, 3.05) is 18.1 Å². The second-order valence-corrected chi connectivity index (χ2v) is 7.02. The number of carbonyl (C=O) groups is 2. The van der Waals surface area contributed by atoms with Crippen LogP contribution < -0.4 is 4.90 Å². The maximum Gasteiger partial charge on any atom is 0.319 e. The zero-order chi connectivity index (χ0) is 16.9. The van der Waals surface area contributed by atoms with Crippen LogP contribution in [0.1, 0.15) is 12.5 Å². The molecule has 2 aromatic carbocycles. The third-order valence-electron chi connectivity index (χ3n) is 3.91. The Bertz CT molecular complexity index is 732. The number of esters is 1. The molecule has 0 aromatic heterocycles. The summed E-state index contributed by atoms with van der Waals surface area (Å²) in [6.07, 6.45) is 0.843. The quantitative estimate of drug-likeness (QED) is 0.618. The van der Waals surface area contributed by atoms with Crippen LogP contribution in [-0.4, -0.2) is 30.3 Å². The van der Waals surface area contributed by atoms with Crippen LogP contribution in [-0.2, 0) is 20.7 Å². The van der Waals surface area contributed by atoms with E-state index in [4.69, 9.17) is 4.74 Å². The predicted molar refractivity (Wildman–Crippen MR) is 95.2 cm³/mol. The van der Waals surface area contributed by atoms with Gasteiger partial charge >= 0.3 is 5.97 Å². The summed E-state index contributed by atoms with van der Waals surface area (Å²) in [4.78, 5) is 27.1.